The molecule has 0 amide bonds. The molecule has 1 aromatic carbocycles. The highest BCUT2D eigenvalue weighted by Crippen LogP contribution is 2.42. The number of thiophene rings is 1. The molecule has 2 atom stereocenters. The van der Waals surface area contributed by atoms with E-state index >= 15 is 0 Å². The molecule has 126 valence electrons. The molecule has 6 heteroatoms. The van der Waals surface area contributed by atoms with Gasteiger partial charge in [0.05, 0.1) is 17.8 Å². The van der Waals surface area contributed by atoms with Crippen LogP contribution in [0.3, 0.4) is 0 Å². The Hall–Kier alpha value is -1.76. The quantitative estimate of drug-likeness (QED) is 0.585. The van der Waals surface area contributed by atoms with Gasteiger partial charge in [-0.1, -0.05) is 36.4 Å². The first kappa shape index (κ1) is 16.7. The highest BCUT2D eigenvalue weighted by atomic mass is 79.9. The van der Waals surface area contributed by atoms with Gasteiger partial charge in [-0.15, -0.1) is 11.3 Å². The van der Waals surface area contributed by atoms with Crippen molar-refractivity contribution in [1.82, 2.24) is 15.2 Å². The lowest BCUT2D eigenvalue weighted by Gasteiger charge is -2.26. The third kappa shape index (κ3) is 3.47. The Morgan fingerprint density at radius 2 is 1.96 bits per heavy atom. The number of hydrogen-bond acceptors (Lipinski definition) is 3. The minimum Gasteiger partial charge on any atom is -0.352 e. The van der Waals surface area contributed by atoms with E-state index in [2.05, 4.69) is 72.9 Å². The molecular formula is C19H16BrN3S2. The molecule has 2 aromatic heterocycles. The fourth-order valence-electron chi connectivity index (χ4n) is 3.15. The molecular weight excluding hydrogens is 414 g/mol. The standard InChI is InChI=1S/C19H16BrN3S2/c20-14-10-16(25-12-14)18-17(15-8-4-5-9-21-15)22-19(24)23(18)11-13-6-2-1-3-7-13/h1-10,12,17-18H,11H2,(H,22,24)/t17-,18+/m1/s1. The molecule has 3 aromatic rings. The second-order valence-electron chi connectivity index (χ2n) is 5.91. The molecule has 0 spiro atoms. The van der Waals surface area contributed by atoms with Gasteiger partial charge in [-0.3, -0.25) is 4.98 Å². The van der Waals surface area contributed by atoms with Crippen molar-refractivity contribution in [3.63, 3.8) is 0 Å². The van der Waals surface area contributed by atoms with E-state index < -0.39 is 0 Å². The molecule has 1 fully saturated rings. The SMILES string of the molecule is S=C1N[C@H](c2ccccn2)[C@H](c2cc(Br)cs2)N1Cc1ccccc1. The van der Waals surface area contributed by atoms with E-state index in [-0.39, 0.29) is 12.1 Å². The summed E-state index contributed by atoms with van der Waals surface area (Å²) in [5.41, 5.74) is 2.25. The van der Waals surface area contributed by atoms with Gasteiger partial charge in [0.2, 0.25) is 0 Å². The Morgan fingerprint density at radius 1 is 1.16 bits per heavy atom. The second-order valence-corrected chi connectivity index (χ2v) is 8.15. The van der Waals surface area contributed by atoms with Crippen molar-refractivity contribution >= 4 is 44.6 Å². The first-order chi connectivity index (χ1) is 12.2. The molecule has 25 heavy (non-hydrogen) atoms. The molecule has 3 heterocycles. The number of aromatic nitrogens is 1. The lowest BCUT2D eigenvalue weighted by atomic mass is 10.0. The van der Waals surface area contributed by atoms with Crippen molar-refractivity contribution in [3.05, 3.63) is 86.8 Å². The van der Waals surface area contributed by atoms with Gasteiger partial charge >= 0.3 is 0 Å². The summed E-state index contributed by atoms with van der Waals surface area (Å²) in [6.07, 6.45) is 1.83. The van der Waals surface area contributed by atoms with Crippen molar-refractivity contribution in [3.8, 4) is 0 Å². The van der Waals surface area contributed by atoms with E-state index in [1.165, 1.54) is 10.4 Å². The van der Waals surface area contributed by atoms with Gasteiger partial charge < -0.3 is 10.2 Å². The summed E-state index contributed by atoms with van der Waals surface area (Å²) in [5.74, 6) is 0. The maximum absolute atomic E-state index is 5.68. The fraction of sp³-hybridized carbons (Fsp3) is 0.158. The third-order valence-corrected chi connectivity index (χ3v) is 6.39. The van der Waals surface area contributed by atoms with Gasteiger partial charge in [0.1, 0.15) is 0 Å². The zero-order valence-electron chi connectivity index (χ0n) is 13.3. The van der Waals surface area contributed by atoms with Gasteiger partial charge in [-0.05, 0) is 51.9 Å². The van der Waals surface area contributed by atoms with E-state index in [0.717, 1.165) is 21.8 Å². The molecule has 0 saturated carbocycles. The Bertz CT molecular complexity index is 867. The largest absolute Gasteiger partial charge is 0.352 e. The number of thiocarbonyl (C=S) groups is 1. The van der Waals surface area contributed by atoms with Crippen LogP contribution in [0.2, 0.25) is 0 Å². The summed E-state index contributed by atoms with van der Waals surface area (Å²) < 4.78 is 1.10. The molecule has 1 saturated heterocycles. The maximum Gasteiger partial charge on any atom is 0.170 e. The van der Waals surface area contributed by atoms with Crippen LogP contribution in [0, 0.1) is 0 Å². The van der Waals surface area contributed by atoms with Crippen LogP contribution in [0.1, 0.15) is 28.2 Å². The van der Waals surface area contributed by atoms with E-state index in [1.54, 1.807) is 11.3 Å². The molecule has 1 N–H and O–H groups in total. The van der Waals surface area contributed by atoms with E-state index in [4.69, 9.17) is 12.2 Å². The monoisotopic (exact) mass is 429 g/mol. The molecule has 1 aliphatic rings. The van der Waals surface area contributed by atoms with Gasteiger partial charge in [-0.2, -0.15) is 0 Å². The van der Waals surface area contributed by atoms with E-state index in [9.17, 15) is 0 Å². The summed E-state index contributed by atoms with van der Waals surface area (Å²) in [6, 6.07) is 18.8. The predicted octanol–water partition coefficient (Wildman–Crippen LogP) is 5.08. The molecule has 3 nitrogen and oxygen atoms in total. The Labute approximate surface area is 164 Å². The van der Waals surface area contributed by atoms with Gasteiger partial charge in [0, 0.05) is 27.5 Å². The van der Waals surface area contributed by atoms with Crippen molar-refractivity contribution in [2.24, 2.45) is 0 Å². The number of halogens is 1. The van der Waals surface area contributed by atoms with Crippen LogP contribution in [0.4, 0.5) is 0 Å². The van der Waals surface area contributed by atoms with Gasteiger partial charge in [-0.25, -0.2) is 0 Å². The summed E-state index contributed by atoms with van der Waals surface area (Å²) in [7, 11) is 0. The topological polar surface area (TPSA) is 28.2 Å². The second kappa shape index (κ2) is 7.23. The lowest BCUT2D eigenvalue weighted by molar-refractivity contribution is 0.315. The minimum absolute atomic E-state index is 0.0444. The van der Waals surface area contributed by atoms with Crippen molar-refractivity contribution in [2.75, 3.05) is 0 Å². The van der Waals surface area contributed by atoms with Gasteiger partial charge in [0.15, 0.2) is 5.11 Å². The molecule has 4 rings (SSSR count). The van der Waals surface area contributed by atoms with Crippen molar-refractivity contribution in [1.29, 1.82) is 0 Å². The summed E-state index contributed by atoms with van der Waals surface area (Å²) in [6.45, 7) is 0.774. The number of hydrogen-bond donors (Lipinski definition) is 1. The smallest absolute Gasteiger partial charge is 0.170 e. The van der Waals surface area contributed by atoms with E-state index in [1.807, 2.05) is 24.4 Å². The average molecular weight is 430 g/mol. The molecule has 0 bridgehead atoms. The molecule has 0 radical (unpaired) electrons. The predicted molar refractivity (Wildman–Crippen MR) is 109 cm³/mol. The van der Waals surface area contributed by atoms with Crippen LogP contribution >= 0.6 is 39.5 Å². The van der Waals surface area contributed by atoms with Crippen LogP contribution in [-0.4, -0.2) is 15.0 Å². The van der Waals surface area contributed by atoms with Crippen LogP contribution in [0.25, 0.3) is 0 Å². The van der Waals surface area contributed by atoms with Gasteiger partial charge in [0.25, 0.3) is 0 Å². The average Bonchev–Trinajstić information content (AvgIpc) is 3.20. The highest BCUT2D eigenvalue weighted by Gasteiger charge is 2.40. The van der Waals surface area contributed by atoms with Crippen molar-refractivity contribution < 1.29 is 0 Å². The zero-order valence-corrected chi connectivity index (χ0v) is 16.5. The summed E-state index contributed by atoms with van der Waals surface area (Å²) in [5, 5.41) is 6.37. The fourth-order valence-corrected chi connectivity index (χ4v) is 5.05. The molecule has 0 unspecified atom stereocenters. The van der Waals surface area contributed by atoms with Crippen molar-refractivity contribution in [2.45, 2.75) is 18.6 Å². The summed E-state index contributed by atoms with van der Waals surface area (Å²) in [4.78, 5) is 8.10. The first-order valence-electron chi connectivity index (χ1n) is 7.98. The van der Waals surface area contributed by atoms with Crippen LogP contribution in [0.15, 0.2) is 70.6 Å². The lowest BCUT2D eigenvalue weighted by Crippen LogP contribution is -2.28. The Kier molecular flexibility index (Phi) is 4.83. The number of rotatable bonds is 4. The molecule has 1 aliphatic heterocycles. The number of nitrogens with one attached hydrogen (secondary N) is 1. The zero-order chi connectivity index (χ0) is 17.2. The number of nitrogens with zero attached hydrogens (tertiary/aromatic N) is 2. The number of benzene rings is 1. The van der Waals surface area contributed by atoms with E-state index in [0.29, 0.717) is 0 Å². The normalized spacial score (nSPS) is 19.9. The van der Waals surface area contributed by atoms with Crippen LogP contribution < -0.4 is 5.32 Å². The highest BCUT2D eigenvalue weighted by molar-refractivity contribution is 9.10. The Morgan fingerprint density at radius 3 is 2.64 bits per heavy atom. The maximum atomic E-state index is 5.68. The van der Waals surface area contributed by atoms with Crippen LogP contribution in [-0.2, 0) is 6.54 Å². The van der Waals surface area contributed by atoms with Crippen LogP contribution in [0.5, 0.6) is 0 Å². The summed E-state index contributed by atoms with van der Waals surface area (Å²) >= 11 is 11.0. The molecule has 0 aliphatic carbocycles. The third-order valence-electron chi connectivity index (χ3n) is 4.27. The minimum atomic E-state index is 0.0444. The first-order valence-corrected chi connectivity index (χ1v) is 10.1. The number of pyridine rings is 1. The Balaban J connectivity index is 1.72.